The van der Waals surface area contributed by atoms with Gasteiger partial charge in [0.25, 0.3) is 0 Å². The average molecular weight is 285 g/mol. The molecule has 3 atom stereocenters. The summed E-state index contributed by atoms with van der Waals surface area (Å²) in [6.45, 7) is 6.13. The molecule has 0 saturated carbocycles. The molecule has 0 spiro atoms. The molecule has 4 rings (SSSR count). The van der Waals surface area contributed by atoms with E-state index in [2.05, 4.69) is 45.4 Å². The molecule has 1 N–H and O–H groups in total. The quantitative estimate of drug-likeness (QED) is 0.899. The number of hydrogen-bond donors (Lipinski definition) is 1. The molecule has 0 aliphatic carbocycles. The van der Waals surface area contributed by atoms with Crippen LogP contribution in [0.2, 0.25) is 0 Å². The molecule has 3 unspecified atom stereocenters. The highest BCUT2D eigenvalue weighted by molar-refractivity contribution is 5.20. The van der Waals surface area contributed by atoms with Gasteiger partial charge in [0, 0.05) is 37.8 Å². The number of nitrogens with one attached hydrogen (secondary N) is 1. The molecule has 21 heavy (non-hydrogen) atoms. The Morgan fingerprint density at radius 3 is 2.76 bits per heavy atom. The first-order chi connectivity index (χ1) is 10.4. The molecular weight excluding hydrogens is 258 g/mol. The highest BCUT2D eigenvalue weighted by Crippen LogP contribution is 2.33. The van der Waals surface area contributed by atoms with E-state index in [0.29, 0.717) is 6.04 Å². The zero-order valence-electron chi connectivity index (χ0n) is 12.9. The first kappa shape index (κ1) is 13.7. The van der Waals surface area contributed by atoms with Gasteiger partial charge in [-0.25, -0.2) is 0 Å². The number of benzene rings is 1. The van der Waals surface area contributed by atoms with Crippen LogP contribution in [0, 0.1) is 0 Å². The number of piperidine rings is 1. The maximum absolute atomic E-state index is 3.60. The summed E-state index contributed by atoms with van der Waals surface area (Å²) >= 11 is 0. The van der Waals surface area contributed by atoms with Gasteiger partial charge in [0.2, 0.25) is 0 Å². The fourth-order valence-corrected chi connectivity index (χ4v) is 4.65. The molecule has 3 aliphatic rings. The van der Waals surface area contributed by atoms with Gasteiger partial charge in [0.05, 0.1) is 0 Å². The Balaban J connectivity index is 1.51. The molecule has 3 fully saturated rings. The van der Waals surface area contributed by atoms with Crippen LogP contribution in [-0.4, -0.2) is 54.6 Å². The molecule has 3 heterocycles. The van der Waals surface area contributed by atoms with Crippen molar-refractivity contribution >= 4 is 0 Å². The lowest BCUT2D eigenvalue weighted by molar-refractivity contribution is 0.0437. The monoisotopic (exact) mass is 285 g/mol. The summed E-state index contributed by atoms with van der Waals surface area (Å²) < 4.78 is 0. The third-order valence-corrected chi connectivity index (χ3v) is 5.73. The Hall–Kier alpha value is -0.900. The second-order valence-corrected chi connectivity index (χ2v) is 6.88. The van der Waals surface area contributed by atoms with Gasteiger partial charge in [-0.1, -0.05) is 30.3 Å². The van der Waals surface area contributed by atoms with Crippen molar-refractivity contribution in [1.82, 2.24) is 15.1 Å². The van der Waals surface area contributed by atoms with Gasteiger partial charge < -0.3 is 10.2 Å². The molecular formula is C18H27N3. The first-order valence-electron chi connectivity index (χ1n) is 8.67. The van der Waals surface area contributed by atoms with Gasteiger partial charge in [0.15, 0.2) is 0 Å². The standard InChI is InChI=1S/C18H27N3/c1-2-5-15(6-3-1)18-14-19-9-12-21(18)17-8-11-20-10-4-7-16(20)13-17/h1-3,5-6,16-19H,4,7-14H2. The highest BCUT2D eigenvalue weighted by Gasteiger charge is 2.37. The normalized spacial score (nSPS) is 34.8. The van der Waals surface area contributed by atoms with Crippen molar-refractivity contribution in [3.63, 3.8) is 0 Å². The van der Waals surface area contributed by atoms with Gasteiger partial charge in [-0.3, -0.25) is 4.90 Å². The van der Waals surface area contributed by atoms with E-state index in [0.717, 1.165) is 25.2 Å². The van der Waals surface area contributed by atoms with Crippen LogP contribution in [0.25, 0.3) is 0 Å². The predicted molar refractivity (Wildman–Crippen MR) is 86.4 cm³/mol. The minimum absolute atomic E-state index is 0.568. The summed E-state index contributed by atoms with van der Waals surface area (Å²) in [6, 6.07) is 13.3. The van der Waals surface area contributed by atoms with E-state index in [9.17, 15) is 0 Å². The Labute approximate surface area is 128 Å². The van der Waals surface area contributed by atoms with E-state index in [1.54, 1.807) is 0 Å². The number of rotatable bonds is 2. The van der Waals surface area contributed by atoms with Crippen molar-refractivity contribution < 1.29 is 0 Å². The average Bonchev–Trinajstić information content (AvgIpc) is 3.03. The van der Waals surface area contributed by atoms with Crippen molar-refractivity contribution in [1.29, 1.82) is 0 Å². The fraction of sp³-hybridized carbons (Fsp3) is 0.667. The largest absolute Gasteiger partial charge is 0.314 e. The van der Waals surface area contributed by atoms with Crippen molar-refractivity contribution in [2.24, 2.45) is 0 Å². The molecule has 0 aromatic heterocycles. The van der Waals surface area contributed by atoms with Gasteiger partial charge in [-0.15, -0.1) is 0 Å². The lowest BCUT2D eigenvalue weighted by Gasteiger charge is -2.46. The number of nitrogens with zero attached hydrogens (tertiary/aromatic N) is 2. The summed E-state index contributed by atoms with van der Waals surface area (Å²) in [6.07, 6.45) is 5.60. The molecule has 0 bridgehead atoms. The number of piperazine rings is 1. The highest BCUT2D eigenvalue weighted by atomic mass is 15.3. The zero-order chi connectivity index (χ0) is 14.1. The van der Waals surface area contributed by atoms with E-state index in [1.165, 1.54) is 50.9 Å². The van der Waals surface area contributed by atoms with Gasteiger partial charge >= 0.3 is 0 Å². The van der Waals surface area contributed by atoms with Crippen LogP contribution in [0.5, 0.6) is 0 Å². The lowest BCUT2D eigenvalue weighted by atomic mass is 9.92. The maximum Gasteiger partial charge on any atom is 0.0476 e. The van der Waals surface area contributed by atoms with Crippen LogP contribution in [0.1, 0.15) is 37.3 Å². The van der Waals surface area contributed by atoms with Crippen LogP contribution in [0.4, 0.5) is 0 Å². The molecule has 114 valence electrons. The second kappa shape index (κ2) is 6.07. The van der Waals surface area contributed by atoms with E-state index < -0.39 is 0 Å². The summed E-state index contributed by atoms with van der Waals surface area (Å²) in [5.41, 5.74) is 1.48. The molecule has 0 radical (unpaired) electrons. The second-order valence-electron chi connectivity index (χ2n) is 6.88. The third-order valence-electron chi connectivity index (χ3n) is 5.73. The van der Waals surface area contributed by atoms with E-state index in [1.807, 2.05) is 0 Å². The topological polar surface area (TPSA) is 18.5 Å². The van der Waals surface area contributed by atoms with E-state index in [-0.39, 0.29) is 0 Å². The molecule has 3 heteroatoms. The van der Waals surface area contributed by atoms with Crippen LogP contribution >= 0.6 is 0 Å². The summed E-state index contributed by atoms with van der Waals surface area (Å²) in [5, 5.41) is 3.60. The molecule has 3 aliphatic heterocycles. The van der Waals surface area contributed by atoms with E-state index >= 15 is 0 Å². The molecule has 0 amide bonds. The number of fused-ring (bicyclic) bond motifs is 1. The van der Waals surface area contributed by atoms with Crippen LogP contribution in [-0.2, 0) is 0 Å². The minimum Gasteiger partial charge on any atom is -0.314 e. The summed E-state index contributed by atoms with van der Waals surface area (Å²) in [7, 11) is 0. The molecule has 3 saturated heterocycles. The summed E-state index contributed by atoms with van der Waals surface area (Å²) in [5.74, 6) is 0. The fourth-order valence-electron chi connectivity index (χ4n) is 4.65. The maximum atomic E-state index is 3.60. The SMILES string of the molecule is c1ccc(C2CNCCN2C2CCN3CCCC3C2)cc1. The van der Waals surface area contributed by atoms with Crippen LogP contribution in [0.15, 0.2) is 30.3 Å². The summed E-state index contributed by atoms with van der Waals surface area (Å²) in [4.78, 5) is 5.54. The van der Waals surface area contributed by atoms with Crippen molar-refractivity contribution in [2.75, 3.05) is 32.7 Å². The Kier molecular flexibility index (Phi) is 3.97. The number of hydrogen-bond acceptors (Lipinski definition) is 3. The Bertz CT molecular complexity index is 461. The molecule has 3 nitrogen and oxygen atoms in total. The van der Waals surface area contributed by atoms with E-state index in [4.69, 9.17) is 0 Å². The predicted octanol–water partition coefficient (Wildman–Crippen LogP) is 2.26. The van der Waals surface area contributed by atoms with Gasteiger partial charge in [-0.2, -0.15) is 0 Å². The van der Waals surface area contributed by atoms with Crippen LogP contribution in [0.3, 0.4) is 0 Å². The lowest BCUT2D eigenvalue weighted by Crippen LogP contribution is -2.54. The van der Waals surface area contributed by atoms with Crippen molar-refractivity contribution in [3.8, 4) is 0 Å². The minimum atomic E-state index is 0.568. The smallest absolute Gasteiger partial charge is 0.0476 e. The van der Waals surface area contributed by atoms with Crippen LogP contribution < -0.4 is 5.32 Å². The Morgan fingerprint density at radius 2 is 1.86 bits per heavy atom. The molecule has 1 aromatic carbocycles. The van der Waals surface area contributed by atoms with Crippen molar-refractivity contribution in [2.45, 2.75) is 43.8 Å². The zero-order valence-corrected chi connectivity index (χ0v) is 12.9. The third kappa shape index (κ3) is 2.75. The molecule has 1 aromatic rings. The Morgan fingerprint density at radius 1 is 0.952 bits per heavy atom. The van der Waals surface area contributed by atoms with Gasteiger partial charge in [-0.05, 0) is 44.3 Å². The van der Waals surface area contributed by atoms with Crippen molar-refractivity contribution in [3.05, 3.63) is 35.9 Å². The van der Waals surface area contributed by atoms with Gasteiger partial charge in [0.1, 0.15) is 0 Å². The first-order valence-corrected chi connectivity index (χ1v) is 8.67.